The lowest BCUT2D eigenvalue weighted by atomic mass is 9.98. The maximum Gasteiger partial charge on any atom is 0.151 e. The highest BCUT2D eigenvalue weighted by Gasteiger charge is 2.35. The van der Waals surface area contributed by atoms with Gasteiger partial charge in [-0.1, -0.05) is 20.3 Å². The minimum Gasteiger partial charge on any atom is -0.299 e. The summed E-state index contributed by atoms with van der Waals surface area (Å²) < 4.78 is 0. The summed E-state index contributed by atoms with van der Waals surface area (Å²) in [6, 6.07) is 0.217. The van der Waals surface area contributed by atoms with Crippen molar-refractivity contribution < 1.29 is 4.79 Å². The van der Waals surface area contributed by atoms with Crippen molar-refractivity contribution in [2.24, 2.45) is 5.92 Å². The quantitative estimate of drug-likeness (QED) is 0.705. The van der Waals surface area contributed by atoms with Gasteiger partial charge in [0.2, 0.25) is 0 Å². The zero-order valence-corrected chi connectivity index (χ0v) is 10.6. The molecule has 2 bridgehead atoms. The molecule has 0 aromatic carbocycles. The zero-order chi connectivity index (χ0) is 11.5. The maximum absolute atomic E-state index is 12.1. The van der Waals surface area contributed by atoms with Gasteiger partial charge in [-0.15, -0.1) is 0 Å². The van der Waals surface area contributed by atoms with Crippen LogP contribution in [-0.2, 0) is 4.79 Å². The number of fused-ring (bicyclic) bond motifs is 3. The molecule has 3 heterocycles. The first kappa shape index (κ1) is 12.1. The van der Waals surface area contributed by atoms with E-state index in [2.05, 4.69) is 23.6 Å². The number of nitrogens with zero attached hydrogens (tertiary/aromatic N) is 2. The molecule has 3 heteroatoms. The van der Waals surface area contributed by atoms with Crippen LogP contribution in [0.15, 0.2) is 0 Å². The molecule has 3 saturated heterocycles. The monoisotopic (exact) mass is 224 g/mol. The van der Waals surface area contributed by atoms with Gasteiger partial charge in [-0.25, -0.2) is 0 Å². The van der Waals surface area contributed by atoms with Crippen LogP contribution in [0.5, 0.6) is 0 Å². The third-order valence-corrected chi connectivity index (χ3v) is 3.86. The Hall–Kier alpha value is -0.410. The molecule has 3 fully saturated rings. The van der Waals surface area contributed by atoms with Crippen LogP contribution in [0, 0.1) is 5.92 Å². The van der Waals surface area contributed by atoms with Gasteiger partial charge in [-0.05, 0) is 12.3 Å². The highest BCUT2D eigenvalue weighted by Crippen LogP contribution is 2.18. The summed E-state index contributed by atoms with van der Waals surface area (Å²) in [6.07, 6.45) is 3.04. The summed E-state index contributed by atoms with van der Waals surface area (Å²) in [5, 5.41) is 0. The second kappa shape index (κ2) is 5.28. The molecule has 0 amide bonds. The molecular formula is C13H24N2O. The molecular weight excluding hydrogens is 200 g/mol. The summed E-state index contributed by atoms with van der Waals surface area (Å²) in [7, 11) is 0. The van der Waals surface area contributed by atoms with Gasteiger partial charge >= 0.3 is 0 Å². The van der Waals surface area contributed by atoms with Crippen molar-refractivity contribution in [1.82, 2.24) is 9.80 Å². The highest BCUT2D eigenvalue weighted by atomic mass is 16.1. The predicted molar refractivity (Wildman–Crippen MR) is 65.5 cm³/mol. The normalized spacial score (nSPS) is 33.3. The number of hydrogen-bond donors (Lipinski definition) is 0. The first-order chi connectivity index (χ1) is 7.66. The van der Waals surface area contributed by atoms with Gasteiger partial charge in [0, 0.05) is 39.1 Å². The van der Waals surface area contributed by atoms with Crippen molar-refractivity contribution in [2.45, 2.75) is 39.2 Å². The topological polar surface area (TPSA) is 23.6 Å². The van der Waals surface area contributed by atoms with Crippen molar-refractivity contribution in [2.75, 3.05) is 32.7 Å². The lowest BCUT2D eigenvalue weighted by molar-refractivity contribution is -0.129. The fraction of sp³-hybridized carbons (Fsp3) is 0.923. The van der Waals surface area contributed by atoms with Crippen LogP contribution >= 0.6 is 0 Å². The Kier molecular flexibility index (Phi) is 3.98. The molecule has 3 nitrogen and oxygen atoms in total. The van der Waals surface area contributed by atoms with E-state index in [-0.39, 0.29) is 6.04 Å². The van der Waals surface area contributed by atoms with Crippen LogP contribution in [0.2, 0.25) is 0 Å². The third kappa shape index (κ3) is 2.83. The molecule has 0 spiro atoms. The number of piperazine rings is 3. The van der Waals surface area contributed by atoms with Crippen LogP contribution < -0.4 is 0 Å². The zero-order valence-electron chi connectivity index (χ0n) is 10.6. The van der Waals surface area contributed by atoms with E-state index in [9.17, 15) is 4.79 Å². The molecule has 1 unspecified atom stereocenters. The Bertz CT molecular complexity index is 244. The predicted octanol–water partition coefficient (Wildman–Crippen LogP) is 1.38. The first-order valence-electron chi connectivity index (χ1n) is 6.66. The van der Waals surface area contributed by atoms with Gasteiger partial charge in [-0.3, -0.25) is 14.6 Å². The minimum atomic E-state index is 0.217. The smallest absolute Gasteiger partial charge is 0.151 e. The molecule has 16 heavy (non-hydrogen) atoms. The Balaban J connectivity index is 1.77. The van der Waals surface area contributed by atoms with Crippen molar-refractivity contribution in [3.63, 3.8) is 0 Å². The average molecular weight is 224 g/mol. The second-order valence-electron chi connectivity index (χ2n) is 5.60. The lowest BCUT2D eigenvalue weighted by Crippen LogP contribution is -2.63. The SMILES string of the molecule is CC(C)CCCC(=O)C1CN2CCN1CC2. The summed E-state index contributed by atoms with van der Waals surface area (Å²) in [6.45, 7) is 9.96. The Labute approximate surface area is 98.8 Å². The van der Waals surface area contributed by atoms with E-state index in [1.165, 1.54) is 6.42 Å². The number of carbonyl (C=O) groups is 1. The summed E-state index contributed by atoms with van der Waals surface area (Å²) in [5.41, 5.74) is 0. The number of carbonyl (C=O) groups excluding carboxylic acids is 1. The van der Waals surface area contributed by atoms with E-state index in [0.717, 1.165) is 51.5 Å². The van der Waals surface area contributed by atoms with E-state index in [4.69, 9.17) is 0 Å². The van der Waals surface area contributed by atoms with Gasteiger partial charge in [0.1, 0.15) is 0 Å². The van der Waals surface area contributed by atoms with Gasteiger partial charge in [0.05, 0.1) is 6.04 Å². The molecule has 3 aliphatic heterocycles. The van der Waals surface area contributed by atoms with Crippen molar-refractivity contribution in [1.29, 1.82) is 0 Å². The summed E-state index contributed by atoms with van der Waals surface area (Å²) in [5.74, 6) is 1.20. The van der Waals surface area contributed by atoms with E-state index >= 15 is 0 Å². The van der Waals surface area contributed by atoms with E-state index in [0.29, 0.717) is 5.78 Å². The van der Waals surface area contributed by atoms with Crippen LogP contribution in [-0.4, -0.2) is 54.3 Å². The third-order valence-electron chi connectivity index (χ3n) is 3.86. The van der Waals surface area contributed by atoms with Gasteiger partial charge < -0.3 is 0 Å². The van der Waals surface area contributed by atoms with Gasteiger partial charge in [0.25, 0.3) is 0 Å². The average Bonchev–Trinajstić information content (AvgIpc) is 2.30. The molecule has 1 atom stereocenters. The largest absolute Gasteiger partial charge is 0.299 e. The van der Waals surface area contributed by atoms with Crippen LogP contribution in [0.25, 0.3) is 0 Å². The second-order valence-corrected chi connectivity index (χ2v) is 5.60. The number of rotatable bonds is 5. The van der Waals surface area contributed by atoms with Crippen molar-refractivity contribution >= 4 is 5.78 Å². The number of ketones is 1. The number of Topliss-reactive ketones (excluding diaryl/α,β-unsaturated/α-hetero) is 1. The lowest BCUT2D eigenvalue weighted by Gasteiger charge is -2.46. The van der Waals surface area contributed by atoms with Crippen LogP contribution in [0.1, 0.15) is 33.1 Å². The van der Waals surface area contributed by atoms with E-state index < -0.39 is 0 Å². The molecule has 0 aliphatic carbocycles. The molecule has 3 rings (SSSR count). The summed E-state index contributed by atoms with van der Waals surface area (Å²) >= 11 is 0. The van der Waals surface area contributed by atoms with Crippen LogP contribution in [0.4, 0.5) is 0 Å². The standard InChI is InChI=1S/C13H24N2O/c1-11(2)4-3-5-13(16)12-10-14-6-8-15(12)9-7-14/h11-12H,3-10H2,1-2H3. The molecule has 0 aromatic heterocycles. The van der Waals surface area contributed by atoms with Crippen LogP contribution in [0.3, 0.4) is 0 Å². The minimum absolute atomic E-state index is 0.217. The van der Waals surface area contributed by atoms with Crippen molar-refractivity contribution in [3.05, 3.63) is 0 Å². The first-order valence-corrected chi connectivity index (χ1v) is 6.66. The molecule has 3 aliphatic rings. The fourth-order valence-corrected chi connectivity index (χ4v) is 2.77. The molecule has 0 N–H and O–H groups in total. The summed E-state index contributed by atoms with van der Waals surface area (Å²) in [4.78, 5) is 16.9. The molecule has 92 valence electrons. The van der Waals surface area contributed by atoms with E-state index in [1.54, 1.807) is 0 Å². The molecule has 0 radical (unpaired) electrons. The van der Waals surface area contributed by atoms with Crippen molar-refractivity contribution in [3.8, 4) is 0 Å². The van der Waals surface area contributed by atoms with Gasteiger partial charge in [0.15, 0.2) is 5.78 Å². The molecule has 0 saturated carbocycles. The fourth-order valence-electron chi connectivity index (χ4n) is 2.77. The highest BCUT2D eigenvalue weighted by molar-refractivity contribution is 5.84. The Morgan fingerprint density at radius 2 is 1.94 bits per heavy atom. The van der Waals surface area contributed by atoms with E-state index in [1.807, 2.05) is 0 Å². The maximum atomic E-state index is 12.1. The Morgan fingerprint density at radius 3 is 2.44 bits per heavy atom. The molecule has 0 aromatic rings. The van der Waals surface area contributed by atoms with Gasteiger partial charge in [-0.2, -0.15) is 0 Å². The number of hydrogen-bond acceptors (Lipinski definition) is 3. The Morgan fingerprint density at radius 1 is 1.25 bits per heavy atom.